The Morgan fingerprint density at radius 3 is 2.56 bits per heavy atom. The third-order valence-corrected chi connectivity index (χ3v) is 6.91. The average Bonchev–Trinajstić information content (AvgIpc) is 3.32. The molecule has 3 aliphatic rings. The predicted octanol–water partition coefficient (Wildman–Crippen LogP) is 1.95. The second kappa shape index (κ2) is 12.6. The van der Waals surface area contributed by atoms with E-state index in [1.807, 2.05) is 6.21 Å². The molecule has 2 atom stereocenters. The highest BCUT2D eigenvalue weighted by molar-refractivity contribution is 5.79. The van der Waals surface area contributed by atoms with Crippen LogP contribution in [-0.2, 0) is 14.4 Å². The van der Waals surface area contributed by atoms with E-state index in [1.54, 1.807) is 0 Å². The molecule has 0 aromatic heterocycles. The first-order valence-corrected chi connectivity index (χ1v) is 12.7. The number of nitrogens with zero attached hydrogens (tertiary/aromatic N) is 4. The zero-order chi connectivity index (χ0) is 23.8. The summed E-state index contributed by atoms with van der Waals surface area (Å²) in [4.78, 5) is 21.4. The number of rotatable bonds is 10. The highest BCUT2D eigenvalue weighted by Gasteiger charge is 2.30. The van der Waals surface area contributed by atoms with Gasteiger partial charge in [-0.25, -0.2) is 4.79 Å². The largest absolute Gasteiger partial charge is 0.480 e. The molecule has 1 aromatic carbocycles. The van der Waals surface area contributed by atoms with E-state index in [4.69, 9.17) is 14.7 Å². The van der Waals surface area contributed by atoms with Crippen LogP contribution in [-0.4, -0.2) is 103 Å². The maximum absolute atomic E-state index is 10.7. The fraction of sp³-hybridized carbons (Fsp3) is 0.680. The second-order valence-electron chi connectivity index (χ2n) is 9.56. The van der Waals surface area contributed by atoms with Gasteiger partial charge >= 0.3 is 5.97 Å². The molecule has 4 rings (SSSR count). The Morgan fingerprint density at radius 1 is 1.15 bits per heavy atom. The van der Waals surface area contributed by atoms with Crippen LogP contribution in [0.4, 0.5) is 0 Å². The minimum absolute atomic E-state index is 0.0513. The maximum atomic E-state index is 10.7. The van der Waals surface area contributed by atoms with E-state index in [1.165, 1.54) is 18.5 Å². The highest BCUT2D eigenvalue weighted by Crippen LogP contribution is 2.27. The molecule has 0 spiro atoms. The number of hydroxylamine groups is 1. The third kappa shape index (κ3) is 7.48. The zero-order valence-corrected chi connectivity index (χ0v) is 20.3. The lowest BCUT2D eigenvalue weighted by atomic mass is 10.0. The first kappa shape index (κ1) is 25.1. The molecule has 2 N–H and O–H groups in total. The lowest BCUT2D eigenvalue weighted by Gasteiger charge is -2.32. The van der Waals surface area contributed by atoms with Crippen LogP contribution < -0.4 is 5.48 Å². The maximum Gasteiger partial charge on any atom is 0.329 e. The summed E-state index contributed by atoms with van der Waals surface area (Å²) in [6.45, 7) is 10.1. The lowest BCUT2D eigenvalue weighted by molar-refractivity contribution is -0.145. The number of hydrogen-bond acceptors (Lipinski definition) is 8. The van der Waals surface area contributed by atoms with E-state index < -0.39 is 5.97 Å². The molecule has 0 radical (unpaired) electrons. The monoisotopic (exact) mass is 473 g/mol. The van der Waals surface area contributed by atoms with Crippen molar-refractivity contribution in [2.75, 3.05) is 59.0 Å². The lowest BCUT2D eigenvalue weighted by Crippen LogP contribution is -2.44. The van der Waals surface area contributed by atoms with Gasteiger partial charge in [-0.15, -0.1) is 0 Å². The van der Waals surface area contributed by atoms with Crippen molar-refractivity contribution in [1.82, 2.24) is 20.3 Å². The van der Waals surface area contributed by atoms with Crippen LogP contribution in [0.2, 0.25) is 0 Å². The molecular weight excluding hydrogens is 434 g/mol. The Labute approximate surface area is 202 Å². The molecular formula is C25H39N5O4. The summed E-state index contributed by atoms with van der Waals surface area (Å²) >= 11 is 0. The first-order valence-electron chi connectivity index (χ1n) is 12.7. The number of hydrogen-bond donors (Lipinski definition) is 2. The summed E-state index contributed by atoms with van der Waals surface area (Å²) < 4.78 is 5.43. The summed E-state index contributed by atoms with van der Waals surface area (Å²) in [6.07, 6.45) is 6.05. The van der Waals surface area contributed by atoms with Gasteiger partial charge in [-0.3, -0.25) is 14.7 Å². The van der Waals surface area contributed by atoms with Gasteiger partial charge < -0.3 is 14.7 Å². The zero-order valence-electron chi connectivity index (χ0n) is 20.3. The number of ether oxygens (including phenoxy) is 1. The van der Waals surface area contributed by atoms with Crippen LogP contribution >= 0.6 is 0 Å². The van der Waals surface area contributed by atoms with Crippen LogP contribution in [0.25, 0.3) is 0 Å². The number of hydrazone groups is 1. The van der Waals surface area contributed by atoms with E-state index in [-0.39, 0.29) is 24.9 Å². The van der Waals surface area contributed by atoms with Gasteiger partial charge in [0.1, 0.15) is 6.61 Å². The van der Waals surface area contributed by atoms with Crippen molar-refractivity contribution in [3.63, 3.8) is 0 Å². The smallest absolute Gasteiger partial charge is 0.329 e. The third-order valence-electron chi connectivity index (χ3n) is 6.91. The Hall–Kier alpha value is -2.04. The summed E-state index contributed by atoms with van der Waals surface area (Å²) in [5, 5.41) is 15.6. The number of carbonyl (C=O) groups is 1. The quantitative estimate of drug-likeness (QED) is 0.499. The normalized spacial score (nSPS) is 25.4. The fourth-order valence-corrected chi connectivity index (χ4v) is 4.94. The number of aliphatic carboxylic acids is 1. The standard InChI is InChI=1S/C25H39N5O4/c1-2-9-28-12-14-30(15-13-28)26-17-20-3-5-21(6-4-20)24-16-23(34-27-24)18-29-10-7-22(8-11-29)33-19-25(31)32/h3-6,17,22-24,27H,2,7-16,18-19H2,1H3,(H,31,32). The van der Waals surface area contributed by atoms with Crippen molar-refractivity contribution >= 4 is 12.2 Å². The van der Waals surface area contributed by atoms with Gasteiger partial charge in [0.05, 0.1) is 24.5 Å². The van der Waals surface area contributed by atoms with E-state index in [2.05, 4.69) is 56.6 Å². The van der Waals surface area contributed by atoms with Gasteiger partial charge in [-0.1, -0.05) is 31.2 Å². The van der Waals surface area contributed by atoms with Crippen molar-refractivity contribution < 1.29 is 19.5 Å². The molecule has 3 fully saturated rings. The molecule has 3 saturated heterocycles. The van der Waals surface area contributed by atoms with Crippen LogP contribution in [0.15, 0.2) is 29.4 Å². The Bertz CT molecular complexity index is 789. The molecule has 2 unspecified atom stereocenters. The molecule has 3 heterocycles. The first-order chi connectivity index (χ1) is 16.6. The van der Waals surface area contributed by atoms with Gasteiger partial charge in [-0.05, 0) is 43.4 Å². The number of carboxylic acid groups (broad SMARTS) is 1. The highest BCUT2D eigenvalue weighted by atomic mass is 16.7. The van der Waals surface area contributed by atoms with E-state index in [0.717, 1.165) is 70.6 Å². The van der Waals surface area contributed by atoms with Crippen LogP contribution in [0.1, 0.15) is 49.8 Å². The SMILES string of the molecule is CCCN1CCN(N=Cc2ccc(C3CC(CN4CCC(OCC(=O)O)CC4)ON3)cc2)CC1. The molecule has 3 aliphatic heterocycles. The fourth-order valence-electron chi connectivity index (χ4n) is 4.94. The molecule has 188 valence electrons. The summed E-state index contributed by atoms with van der Waals surface area (Å²) in [5.41, 5.74) is 5.55. The number of nitrogens with one attached hydrogen (secondary N) is 1. The molecule has 9 nitrogen and oxygen atoms in total. The van der Waals surface area contributed by atoms with Gasteiger partial charge in [0.15, 0.2) is 0 Å². The minimum atomic E-state index is -0.903. The van der Waals surface area contributed by atoms with Crippen LogP contribution in [0, 0.1) is 0 Å². The number of likely N-dealkylation sites (tertiary alicyclic amines) is 1. The van der Waals surface area contributed by atoms with Gasteiger partial charge in [0, 0.05) is 45.8 Å². The molecule has 0 bridgehead atoms. The Morgan fingerprint density at radius 2 is 1.88 bits per heavy atom. The van der Waals surface area contributed by atoms with Crippen LogP contribution in [0.5, 0.6) is 0 Å². The van der Waals surface area contributed by atoms with E-state index in [0.29, 0.717) is 0 Å². The minimum Gasteiger partial charge on any atom is -0.480 e. The second-order valence-corrected chi connectivity index (χ2v) is 9.56. The molecule has 0 aliphatic carbocycles. The van der Waals surface area contributed by atoms with Gasteiger partial charge in [0.2, 0.25) is 0 Å². The molecule has 0 saturated carbocycles. The van der Waals surface area contributed by atoms with Gasteiger partial charge in [0.25, 0.3) is 0 Å². The number of piperidine rings is 1. The van der Waals surface area contributed by atoms with Crippen molar-refractivity contribution in [2.24, 2.45) is 5.10 Å². The van der Waals surface area contributed by atoms with Crippen molar-refractivity contribution in [3.05, 3.63) is 35.4 Å². The molecule has 0 amide bonds. The number of benzene rings is 1. The Kier molecular flexibility index (Phi) is 9.29. The van der Waals surface area contributed by atoms with Crippen LogP contribution in [0.3, 0.4) is 0 Å². The van der Waals surface area contributed by atoms with Crippen molar-refractivity contribution in [1.29, 1.82) is 0 Å². The predicted molar refractivity (Wildman–Crippen MR) is 131 cm³/mol. The van der Waals surface area contributed by atoms with Crippen molar-refractivity contribution in [2.45, 2.75) is 50.9 Å². The summed E-state index contributed by atoms with van der Waals surface area (Å²) in [5.74, 6) is -0.903. The summed E-state index contributed by atoms with van der Waals surface area (Å²) in [7, 11) is 0. The summed E-state index contributed by atoms with van der Waals surface area (Å²) in [6, 6.07) is 8.77. The molecule has 9 heteroatoms. The average molecular weight is 474 g/mol. The van der Waals surface area contributed by atoms with Crippen molar-refractivity contribution in [3.8, 4) is 0 Å². The molecule has 34 heavy (non-hydrogen) atoms. The van der Waals surface area contributed by atoms with E-state index >= 15 is 0 Å². The van der Waals surface area contributed by atoms with Gasteiger partial charge in [-0.2, -0.15) is 10.6 Å². The number of piperazine rings is 1. The Balaban J connectivity index is 1.17. The molecule has 1 aromatic rings. The van der Waals surface area contributed by atoms with E-state index in [9.17, 15) is 4.79 Å². The number of carboxylic acids is 1. The topological polar surface area (TPSA) is 89.9 Å².